The van der Waals surface area contributed by atoms with Crippen LogP contribution in [-0.4, -0.2) is 45.8 Å². The maximum atomic E-state index is 13.4. The molecule has 4 amide bonds. The minimum atomic E-state index is -4.45. The van der Waals surface area contributed by atoms with Gasteiger partial charge in [0.05, 0.1) is 11.3 Å². The molecular formula is C26H23F3N4O3S. The average molecular weight is 529 g/mol. The maximum Gasteiger partial charge on any atom is 0.446 e. The van der Waals surface area contributed by atoms with Gasteiger partial charge >= 0.3 is 11.5 Å². The molecule has 3 aromatic rings. The molecule has 0 aliphatic carbocycles. The van der Waals surface area contributed by atoms with E-state index >= 15 is 0 Å². The van der Waals surface area contributed by atoms with Gasteiger partial charge in [-0.2, -0.15) is 13.2 Å². The molecule has 0 N–H and O–H groups in total. The van der Waals surface area contributed by atoms with E-state index in [9.17, 15) is 27.6 Å². The molecule has 1 fully saturated rings. The fourth-order valence-corrected chi connectivity index (χ4v) is 4.54. The number of imide groups is 1. The molecular weight excluding hydrogens is 505 g/mol. The summed E-state index contributed by atoms with van der Waals surface area (Å²) in [5.74, 6) is -0.864. The number of thioether (sulfide) groups is 1. The van der Waals surface area contributed by atoms with E-state index in [1.165, 1.54) is 46.5 Å². The zero-order chi connectivity index (χ0) is 27.0. The van der Waals surface area contributed by atoms with Crippen molar-refractivity contribution in [3.8, 4) is 0 Å². The van der Waals surface area contributed by atoms with Crippen LogP contribution in [-0.2, 0) is 11.3 Å². The Hall–Kier alpha value is -3.86. The highest BCUT2D eigenvalue weighted by Crippen LogP contribution is 2.39. The molecule has 1 aromatic heterocycles. The Balaban J connectivity index is 1.61. The normalized spacial score (nSPS) is 15.3. The van der Waals surface area contributed by atoms with Crippen molar-refractivity contribution in [2.75, 3.05) is 16.8 Å². The van der Waals surface area contributed by atoms with Crippen LogP contribution in [0, 0.1) is 0 Å². The Bertz CT molecular complexity index is 1330. The van der Waals surface area contributed by atoms with Gasteiger partial charge in [0.25, 0.3) is 11.8 Å². The van der Waals surface area contributed by atoms with Gasteiger partial charge in [0.2, 0.25) is 0 Å². The highest BCUT2D eigenvalue weighted by atomic mass is 32.2. The van der Waals surface area contributed by atoms with Gasteiger partial charge in [-0.05, 0) is 73.6 Å². The molecule has 0 saturated carbocycles. The monoisotopic (exact) mass is 528 g/mol. The number of aromatic nitrogens is 1. The summed E-state index contributed by atoms with van der Waals surface area (Å²) in [5, 5.41) is 0. The lowest BCUT2D eigenvalue weighted by Gasteiger charge is -2.28. The maximum absolute atomic E-state index is 13.4. The standard InChI is InChI=1S/C26H23F3N4O3S/c1-25(2)23(35)33(19-9-11-20(12-10-19)37-26(27,28)29)24(36)32(25)16-17-13-14-30-15-21(17)22(34)31(3)18-7-5-4-6-8-18/h4-15H,16H2,1-3H3. The first-order valence-corrected chi connectivity index (χ1v) is 12.0. The van der Waals surface area contributed by atoms with E-state index in [1.807, 2.05) is 18.2 Å². The molecule has 1 aliphatic rings. The predicted molar refractivity (Wildman–Crippen MR) is 134 cm³/mol. The van der Waals surface area contributed by atoms with Crippen molar-refractivity contribution >= 4 is 41.0 Å². The van der Waals surface area contributed by atoms with Crippen molar-refractivity contribution in [3.05, 3.63) is 84.2 Å². The average Bonchev–Trinajstić information content (AvgIpc) is 3.03. The van der Waals surface area contributed by atoms with Crippen LogP contribution < -0.4 is 9.80 Å². The fraction of sp³-hybridized carbons (Fsp3) is 0.231. The quantitative estimate of drug-likeness (QED) is 0.302. The number of hydrogen-bond donors (Lipinski definition) is 0. The van der Waals surface area contributed by atoms with Gasteiger partial charge in [-0.1, -0.05) is 18.2 Å². The van der Waals surface area contributed by atoms with Gasteiger partial charge in [0, 0.05) is 36.6 Å². The van der Waals surface area contributed by atoms with Gasteiger partial charge < -0.3 is 9.80 Å². The van der Waals surface area contributed by atoms with Crippen molar-refractivity contribution in [1.82, 2.24) is 9.88 Å². The number of benzene rings is 2. The number of hydrogen-bond acceptors (Lipinski definition) is 5. The van der Waals surface area contributed by atoms with Crippen LogP contribution in [0.15, 0.2) is 78.0 Å². The Kier molecular flexibility index (Phi) is 7.00. The van der Waals surface area contributed by atoms with Crippen LogP contribution in [0.25, 0.3) is 0 Å². The molecule has 0 atom stereocenters. The highest BCUT2D eigenvalue weighted by molar-refractivity contribution is 8.00. The van der Waals surface area contributed by atoms with Gasteiger partial charge in [-0.25, -0.2) is 9.69 Å². The van der Waals surface area contributed by atoms with E-state index < -0.39 is 23.0 Å². The lowest BCUT2D eigenvalue weighted by atomic mass is 10.0. The van der Waals surface area contributed by atoms with Gasteiger partial charge in [0.1, 0.15) is 5.54 Å². The highest BCUT2D eigenvalue weighted by Gasteiger charge is 2.52. The molecule has 1 saturated heterocycles. The number of carbonyl (C=O) groups is 3. The van der Waals surface area contributed by atoms with Crippen LogP contribution in [0.5, 0.6) is 0 Å². The molecule has 7 nitrogen and oxygen atoms in total. The van der Waals surface area contributed by atoms with Crippen LogP contribution >= 0.6 is 11.8 Å². The minimum Gasteiger partial charge on any atom is -0.311 e. The molecule has 0 unspecified atom stereocenters. The zero-order valence-corrected chi connectivity index (χ0v) is 21.0. The number of rotatable bonds is 6. The number of carbonyl (C=O) groups excluding carboxylic acids is 3. The van der Waals surface area contributed by atoms with E-state index in [2.05, 4.69) is 4.98 Å². The molecule has 192 valence electrons. The second kappa shape index (κ2) is 9.89. The Morgan fingerprint density at radius 1 is 1.03 bits per heavy atom. The van der Waals surface area contributed by atoms with Crippen LogP contribution in [0.2, 0.25) is 0 Å². The third-order valence-electron chi connectivity index (χ3n) is 6.07. The number of para-hydroxylation sites is 1. The molecule has 1 aliphatic heterocycles. The summed E-state index contributed by atoms with van der Waals surface area (Å²) in [5.41, 5.74) is -4.12. The second-order valence-corrected chi connectivity index (χ2v) is 9.98. The fourth-order valence-electron chi connectivity index (χ4n) is 4.00. The van der Waals surface area contributed by atoms with Crippen LogP contribution in [0.3, 0.4) is 0 Å². The van der Waals surface area contributed by atoms with Crippen molar-refractivity contribution in [3.63, 3.8) is 0 Å². The summed E-state index contributed by atoms with van der Waals surface area (Å²) in [4.78, 5) is 47.7. The van der Waals surface area contributed by atoms with Crippen molar-refractivity contribution in [1.29, 1.82) is 0 Å². The van der Waals surface area contributed by atoms with E-state index in [0.717, 1.165) is 4.90 Å². The van der Waals surface area contributed by atoms with Crippen LogP contribution in [0.4, 0.5) is 29.3 Å². The SMILES string of the molecule is CN(C(=O)c1cnccc1CN1C(=O)N(c2ccc(SC(F)(F)F)cc2)C(=O)C1(C)C)c1ccccc1. The second-order valence-electron chi connectivity index (χ2n) is 8.84. The number of urea groups is 1. The summed E-state index contributed by atoms with van der Waals surface area (Å²) in [6, 6.07) is 15.0. The van der Waals surface area contributed by atoms with Gasteiger partial charge in [0.15, 0.2) is 0 Å². The molecule has 2 heterocycles. The molecule has 11 heteroatoms. The number of amides is 4. The Morgan fingerprint density at radius 3 is 2.30 bits per heavy atom. The summed E-state index contributed by atoms with van der Waals surface area (Å²) in [7, 11) is 1.63. The lowest BCUT2D eigenvalue weighted by molar-refractivity contribution is -0.123. The van der Waals surface area contributed by atoms with Crippen LogP contribution in [0.1, 0.15) is 29.8 Å². The number of alkyl halides is 3. The first kappa shape index (κ1) is 26.2. The zero-order valence-electron chi connectivity index (χ0n) is 20.2. The van der Waals surface area contributed by atoms with Crippen molar-refractivity contribution in [2.45, 2.75) is 36.3 Å². The Labute approximate surface area is 215 Å². The molecule has 4 rings (SSSR count). The van der Waals surface area contributed by atoms with E-state index in [-0.39, 0.29) is 40.4 Å². The first-order chi connectivity index (χ1) is 17.4. The molecule has 37 heavy (non-hydrogen) atoms. The smallest absolute Gasteiger partial charge is 0.311 e. The summed E-state index contributed by atoms with van der Waals surface area (Å²) < 4.78 is 38.0. The summed E-state index contributed by atoms with van der Waals surface area (Å²) in [6.07, 6.45) is 2.92. The summed E-state index contributed by atoms with van der Waals surface area (Å²) in [6.45, 7) is 3.11. The lowest BCUT2D eigenvalue weighted by Crippen LogP contribution is -2.44. The molecule has 0 spiro atoms. The topological polar surface area (TPSA) is 73.8 Å². The van der Waals surface area contributed by atoms with Crippen molar-refractivity contribution in [2.24, 2.45) is 0 Å². The number of halogens is 3. The largest absolute Gasteiger partial charge is 0.446 e. The predicted octanol–water partition coefficient (Wildman–Crippen LogP) is 5.72. The van der Waals surface area contributed by atoms with E-state index in [1.54, 1.807) is 39.1 Å². The van der Waals surface area contributed by atoms with Crippen molar-refractivity contribution < 1.29 is 27.6 Å². The number of pyridine rings is 1. The minimum absolute atomic E-state index is 0.0533. The number of nitrogens with zero attached hydrogens (tertiary/aromatic N) is 4. The van der Waals surface area contributed by atoms with Gasteiger partial charge in [-0.15, -0.1) is 0 Å². The molecule has 0 radical (unpaired) electrons. The van der Waals surface area contributed by atoms with E-state index in [0.29, 0.717) is 11.3 Å². The third-order valence-corrected chi connectivity index (χ3v) is 6.81. The summed E-state index contributed by atoms with van der Waals surface area (Å²) >= 11 is -0.280. The van der Waals surface area contributed by atoms with E-state index in [4.69, 9.17) is 0 Å². The number of anilines is 2. The Morgan fingerprint density at radius 2 is 1.68 bits per heavy atom. The molecule has 0 bridgehead atoms. The third kappa shape index (κ3) is 5.31. The van der Waals surface area contributed by atoms with Gasteiger partial charge in [-0.3, -0.25) is 14.6 Å². The molecule has 2 aromatic carbocycles. The first-order valence-electron chi connectivity index (χ1n) is 11.2.